The third-order valence-corrected chi connectivity index (χ3v) is 6.66. The van der Waals surface area contributed by atoms with Crippen molar-refractivity contribution in [2.24, 2.45) is 0 Å². The number of para-hydroxylation sites is 2. The highest BCUT2D eigenvalue weighted by Crippen LogP contribution is 2.34. The van der Waals surface area contributed by atoms with E-state index >= 15 is 0 Å². The van der Waals surface area contributed by atoms with Crippen LogP contribution < -0.4 is 9.64 Å². The van der Waals surface area contributed by atoms with Crippen molar-refractivity contribution in [3.05, 3.63) is 58.4 Å². The Morgan fingerprint density at radius 3 is 2.57 bits per heavy atom. The summed E-state index contributed by atoms with van der Waals surface area (Å²) in [6.07, 6.45) is 0.270. The molecule has 1 aliphatic heterocycles. The first-order valence-electron chi connectivity index (χ1n) is 9.61. The first-order chi connectivity index (χ1) is 13.7. The number of hydrogen-bond acceptors (Lipinski definition) is 5. The maximum atomic E-state index is 10.7. The first-order valence-corrected chi connectivity index (χ1v) is 10.9. The summed E-state index contributed by atoms with van der Waals surface area (Å²) in [6.45, 7) is 4.79. The number of thiophene rings is 1. The van der Waals surface area contributed by atoms with E-state index < -0.39 is 6.10 Å². The molecule has 0 amide bonds. The van der Waals surface area contributed by atoms with Crippen LogP contribution in [0.4, 0.5) is 5.69 Å². The van der Waals surface area contributed by atoms with Crippen LogP contribution in [0.3, 0.4) is 0 Å². The second-order valence-corrected chi connectivity index (χ2v) is 8.48. The molecule has 8 heteroatoms. The average molecular weight is 490 g/mol. The predicted octanol–water partition coefficient (Wildman–Crippen LogP) is 5.65. The SMILES string of the molecule is COc1ccccc1N1CCN(CCC(O)c2csc3ccc(Cl)cc23)CC1.Cl.Cl. The largest absolute Gasteiger partial charge is 0.495 e. The monoisotopic (exact) mass is 488 g/mol. The van der Waals surface area contributed by atoms with Gasteiger partial charge in [0.2, 0.25) is 0 Å². The number of nitrogens with zero attached hydrogens (tertiary/aromatic N) is 2. The van der Waals surface area contributed by atoms with Crippen molar-refractivity contribution in [3.63, 3.8) is 0 Å². The average Bonchev–Trinajstić information content (AvgIpc) is 3.15. The molecular formula is C22H27Cl3N2O2S. The zero-order chi connectivity index (χ0) is 19.5. The highest BCUT2D eigenvalue weighted by atomic mass is 35.5. The Kier molecular flexibility index (Phi) is 9.54. The van der Waals surface area contributed by atoms with Crippen LogP contribution in [-0.4, -0.2) is 49.8 Å². The van der Waals surface area contributed by atoms with E-state index in [9.17, 15) is 5.11 Å². The summed E-state index contributed by atoms with van der Waals surface area (Å²) in [5.41, 5.74) is 2.15. The van der Waals surface area contributed by atoms with Gasteiger partial charge in [-0.1, -0.05) is 23.7 Å². The van der Waals surface area contributed by atoms with Crippen molar-refractivity contribution >= 4 is 63.5 Å². The second kappa shape index (κ2) is 11.4. The molecule has 164 valence electrons. The number of methoxy groups -OCH3 is 1. The number of benzene rings is 2. The number of piperazine rings is 1. The molecule has 2 heterocycles. The quantitative estimate of drug-likeness (QED) is 0.485. The Morgan fingerprint density at radius 2 is 1.83 bits per heavy atom. The third kappa shape index (κ3) is 5.52. The van der Waals surface area contributed by atoms with Crippen LogP contribution >= 0.6 is 47.8 Å². The van der Waals surface area contributed by atoms with Crippen molar-refractivity contribution in [2.75, 3.05) is 44.7 Å². The van der Waals surface area contributed by atoms with Gasteiger partial charge in [-0.3, -0.25) is 4.90 Å². The van der Waals surface area contributed by atoms with Gasteiger partial charge in [0.15, 0.2) is 0 Å². The summed E-state index contributed by atoms with van der Waals surface area (Å²) in [4.78, 5) is 4.80. The number of rotatable bonds is 6. The molecular weight excluding hydrogens is 463 g/mol. The molecule has 1 aromatic heterocycles. The van der Waals surface area contributed by atoms with Crippen LogP contribution in [0.1, 0.15) is 18.1 Å². The Bertz CT molecular complexity index is 945. The lowest BCUT2D eigenvalue weighted by atomic mass is 10.1. The third-order valence-electron chi connectivity index (χ3n) is 5.44. The van der Waals surface area contributed by atoms with Gasteiger partial charge in [-0.15, -0.1) is 36.2 Å². The number of anilines is 1. The van der Waals surface area contributed by atoms with Crippen molar-refractivity contribution in [1.82, 2.24) is 4.90 Å². The fourth-order valence-corrected chi connectivity index (χ4v) is 5.00. The van der Waals surface area contributed by atoms with E-state index in [1.165, 1.54) is 4.70 Å². The Labute approximate surface area is 199 Å². The van der Waals surface area contributed by atoms with Crippen LogP contribution in [0, 0.1) is 0 Å². The number of ether oxygens (including phenoxy) is 1. The van der Waals surface area contributed by atoms with Crippen molar-refractivity contribution in [1.29, 1.82) is 0 Å². The molecule has 1 atom stereocenters. The standard InChI is InChI=1S/C22H25ClN2O2S.2ClH/c1-27-21-5-3-2-4-19(21)25-12-10-24(11-13-25)9-8-20(26)18-15-28-22-7-6-16(23)14-17(18)22;;/h2-7,14-15,20,26H,8-13H2,1H3;2*1H. The van der Waals surface area contributed by atoms with Gasteiger partial charge in [-0.25, -0.2) is 0 Å². The van der Waals surface area contributed by atoms with Crippen molar-refractivity contribution in [3.8, 4) is 5.75 Å². The van der Waals surface area contributed by atoms with Crippen LogP contribution in [0.5, 0.6) is 5.75 Å². The van der Waals surface area contributed by atoms with E-state index in [1.807, 2.05) is 30.3 Å². The van der Waals surface area contributed by atoms with Gasteiger partial charge in [-0.2, -0.15) is 0 Å². The molecule has 0 saturated carbocycles. The molecule has 0 radical (unpaired) electrons. The minimum Gasteiger partial charge on any atom is -0.495 e. The van der Waals surface area contributed by atoms with E-state index in [0.717, 1.165) is 61.5 Å². The van der Waals surface area contributed by atoms with Crippen LogP contribution in [0.25, 0.3) is 10.1 Å². The van der Waals surface area contributed by atoms with Gasteiger partial charge in [0.1, 0.15) is 5.75 Å². The van der Waals surface area contributed by atoms with E-state index in [4.69, 9.17) is 16.3 Å². The maximum absolute atomic E-state index is 10.7. The van der Waals surface area contributed by atoms with Crippen LogP contribution in [0.2, 0.25) is 5.02 Å². The molecule has 0 bridgehead atoms. The normalized spacial score (nSPS) is 15.4. The summed E-state index contributed by atoms with van der Waals surface area (Å²) in [6, 6.07) is 14.1. The second-order valence-electron chi connectivity index (χ2n) is 7.14. The zero-order valence-electron chi connectivity index (χ0n) is 16.8. The van der Waals surface area contributed by atoms with Gasteiger partial charge in [0.25, 0.3) is 0 Å². The summed E-state index contributed by atoms with van der Waals surface area (Å²) in [5, 5.41) is 14.6. The number of fused-ring (bicyclic) bond motifs is 1. The van der Waals surface area contributed by atoms with Gasteiger partial charge >= 0.3 is 0 Å². The van der Waals surface area contributed by atoms with Crippen molar-refractivity contribution in [2.45, 2.75) is 12.5 Å². The van der Waals surface area contributed by atoms with E-state index in [-0.39, 0.29) is 24.8 Å². The highest BCUT2D eigenvalue weighted by molar-refractivity contribution is 7.17. The maximum Gasteiger partial charge on any atom is 0.142 e. The minimum atomic E-state index is -0.459. The summed E-state index contributed by atoms with van der Waals surface area (Å²) >= 11 is 7.80. The molecule has 1 fully saturated rings. The predicted molar refractivity (Wildman–Crippen MR) is 133 cm³/mol. The lowest BCUT2D eigenvalue weighted by Gasteiger charge is -2.36. The number of aliphatic hydroxyl groups excluding tert-OH is 1. The summed E-state index contributed by atoms with van der Waals surface area (Å²) in [7, 11) is 1.72. The van der Waals surface area contributed by atoms with Gasteiger partial charge < -0.3 is 14.7 Å². The lowest BCUT2D eigenvalue weighted by Crippen LogP contribution is -2.46. The molecule has 1 unspecified atom stereocenters. The molecule has 3 aromatic rings. The highest BCUT2D eigenvalue weighted by Gasteiger charge is 2.21. The van der Waals surface area contributed by atoms with E-state index in [0.29, 0.717) is 5.02 Å². The summed E-state index contributed by atoms with van der Waals surface area (Å²) < 4.78 is 6.66. The first kappa shape index (κ1) is 25.1. The number of halogens is 3. The van der Waals surface area contributed by atoms with Gasteiger partial charge in [0.05, 0.1) is 18.9 Å². The smallest absolute Gasteiger partial charge is 0.142 e. The molecule has 1 N–H and O–H groups in total. The molecule has 1 saturated heterocycles. The molecule has 1 aliphatic rings. The Morgan fingerprint density at radius 1 is 1.10 bits per heavy atom. The topological polar surface area (TPSA) is 35.9 Å². The number of hydrogen-bond donors (Lipinski definition) is 1. The lowest BCUT2D eigenvalue weighted by molar-refractivity contribution is 0.141. The molecule has 2 aromatic carbocycles. The van der Waals surface area contributed by atoms with Crippen LogP contribution in [-0.2, 0) is 0 Å². The van der Waals surface area contributed by atoms with Gasteiger partial charge in [-0.05, 0) is 53.1 Å². The van der Waals surface area contributed by atoms with Crippen molar-refractivity contribution < 1.29 is 9.84 Å². The Balaban J connectivity index is 0.00000160. The molecule has 30 heavy (non-hydrogen) atoms. The van der Waals surface area contributed by atoms with E-state index in [1.54, 1.807) is 18.4 Å². The fraction of sp³-hybridized carbons (Fsp3) is 0.364. The zero-order valence-corrected chi connectivity index (χ0v) is 20.0. The molecule has 0 spiro atoms. The summed E-state index contributed by atoms with van der Waals surface area (Å²) in [5.74, 6) is 0.925. The van der Waals surface area contributed by atoms with E-state index in [2.05, 4.69) is 27.3 Å². The molecule has 0 aliphatic carbocycles. The fourth-order valence-electron chi connectivity index (χ4n) is 3.84. The van der Waals surface area contributed by atoms with Crippen LogP contribution in [0.15, 0.2) is 47.8 Å². The molecule has 4 nitrogen and oxygen atoms in total. The minimum absolute atomic E-state index is 0. The molecule has 4 rings (SSSR count). The number of aliphatic hydroxyl groups is 1. The Hall–Kier alpha value is -1.21. The van der Waals surface area contributed by atoms with Gasteiger partial charge in [0, 0.05) is 42.4 Å².